The minimum atomic E-state index is -3.51. The molecule has 1 saturated carbocycles. The summed E-state index contributed by atoms with van der Waals surface area (Å²) >= 11 is 0. The fourth-order valence-electron chi connectivity index (χ4n) is 5.24. The minimum absolute atomic E-state index is 0.131. The summed E-state index contributed by atoms with van der Waals surface area (Å²) in [5, 5.41) is 6.64. The zero-order chi connectivity index (χ0) is 26.0. The number of piperidine rings is 1. The van der Waals surface area contributed by atoms with E-state index in [0.29, 0.717) is 48.3 Å². The first-order valence-electron chi connectivity index (χ1n) is 13.0. The van der Waals surface area contributed by atoms with E-state index >= 15 is 0 Å². The molecule has 3 aromatic rings. The van der Waals surface area contributed by atoms with Gasteiger partial charge in [-0.05, 0) is 56.9 Å². The van der Waals surface area contributed by atoms with E-state index in [4.69, 9.17) is 10.7 Å². The summed E-state index contributed by atoms with van der Waals surface area (Å²) in [6, 6.07) is 6.58. The first-order valence-corrected chi connectivity index (χ1v) is 14.5. The standard InChI is InChI=1S/C25H34N8O3S/c1-2-32-16-27-21-23(30-25(31-24(21)32)29-20-9-5-4-8-19(20)22(26)34)28-17-10-12-18(13-11-17)37(35,36)33-14-6-3-7-15-33/h10-13,16,19-20H,2-9,14-15H2,1H3,(H2,26,34)(H2,28,29,30,31). The molecule has 37 heavy (non-hydrogen) atoms. The van der Waals surface area contributed by atoms with E-state index < -0.39 is 10.0 Å². The molecule has 12 heteroatoms. The van der Waals surface area contributed by atoms with Crippen LogP contribution in [0.4, 0.5) is 17.5 Å². The summed E-state index contributed by atoms with van der Waals surface area (Å²) in [5.74, 6) is 0.315. The molecular weight excluding hydrogens is 492 g/mol. The number of carbonyl (C=O) groups is 1. The maximum Gasteiger partial charge on any atom is 0.243 e. The lowest BCUT2D eigenvalue weighted by Gasteiger charge is -2.30. The Balaban J connectivity index is 1.42. The van der Waals surface area contributed by atoms with Crippen LogP contribution < -0.4 is 16.4 Å². The van der Waals surface area contributed by atoms with Gasteiger partial charge in [-0.15, -0.1) is 0 Å². The predicted molar refractivity (Wildman–Crippen MR) is 142 cm³/mol. The second kappa shape index (κ2) is 10.6. The molecule has 0 spiro atoms. The van der Waals surface area contributed by atoms with Gasteiger partial charge in [0.1, 0.15) is 0 Å². The maximum atomic E-state index is 13.0. The number of amides is 1. The van der Waals surface area contributed by atoms with Crippen LogP contribution in [0, 0.1) is 5.92 Å². The number of aryl methyl sites for hydroxylation is 1. The molecule has 1 saturated heterocycles. The highest BCUT2D eigenvalue weighted by atomic mass is 32.2. The maximum absolute atomic E-state index is 13.0. The molecule has 11 nitrogen and oxygen atoms in total. The highest BCUT2D eigenvalue weighted by molar-refractivity contribution is 7.89. The van der Waals surface area contributed by atoms with Gasteiger partial charge < -0.3 is 20.9 Å². The van der Waals surface area contributed by atoms with Gasteiger partial charge in [-0.2, -0.15) is 14.3 Å². The van der Waals surface area contributed by atoms with Crippen LogP contribution in [0.1, 0.15) is 51.9 Å². The molecule has 1 aromatic carbocycles. The average Bonchev–Trinajstić information content (AvgIpc) is 3.33. The van der Waals surface area contributed by atoms with E-state index in [9.17, 15) is 13.2 Å². The highest BCUT2D eigenvalue weighted by Gasteiger charge is 2.30. The first kappa shape index (κ1) is 25.4. The number of carbonyl (C=O) groups excluding carboxylic acids is 1. The molecule has 198 valence electrons. The van der Waals surface area contributed by atoms with Crippen LogP contribution >= 0.6 is 0 Å². The topological polar surface area (TPSA) is 148 Å². The summed E-state index contributed by atoms with van der Waals surface area (Å²) in [4.78, 5) is 26.2. The van der Waals surface area contributed by atoms with Crippen molar-refractivity contribution in [2.45, 2.75) is 69.4 Å². The number of sulfonamides is 1. The average molecular weight is 527 g/mol. The summed E-state index contributed by atoms with van der Waals surface area (Å²) in [7, 11) is -3.51. The van der Waals surface area contributed by atoms with E-state index in [1.807, 2.05) is 11.5 Å². The second-order valence-corrected chi connectivity index (χ2v) is 11.7. The molecule has 4 N–H and O–H groups in total. The van der Waals surface area contributed by atoms with Crippen molar-refractivity contribution in [2.75, 3.05) is 23.7 Å². The second-order valence-electron chi connectivity index (χ2n) is 9.76. The van der Waals surface area contributed by atoms with Gasteiger partial charge in [-0.25, -0.2) is 13.4 Å². The number of nitrogens with zero attached hydrogens (tertiary/aromatic N) is 5. The molecule has 1 amide bonds. The molecule has 2 atom stereocenters. The van der Waals surface area contributed by atoms with Crippen molar-refractivity contribution in [3.63, 3.8) is 0 Å². The molecule has 1 aliphatic carbocycles. The van der Waals surface area contributed by atoms with Gasteiger partial charge in [-0.1, -0.05) is 19.3 Å². The Morgan fingerprint density at radius 2 is 1.78 bits per heavy atom. The lowest BCUT2D eigenvalue weighted by Crippen LogP contribution is -2.40. The van der Waals surface area contributed by atoms with E-state index in [-0.39, 0.29) is 22.8 Å². The molecular formula is C25H34N8O3S. The third-order valence-corrected chi connectivity index (χ3v) is 9.23. The van der Waals surface area contributed by atoms with Crippen LogP contribution in [-0.4, -0.2) is 57.3 Å². The number of nitrogens with two attached hydrogens (primary N) is 1. The van der Waals surface area contributed by atoms with E-state index in [0.717, 1.165) is 44.9 Å². The zero-order valence-electron chi connectivity index (χ0n) is 21.1. The van der Waals surface area contributed by atoms with Crippen LogP contribution in [-0.2, 0) is 21.4 Å². The Bertz CT molecular complexity index is 1370. The van der Waals surface area contributed by atoms with E-state index in [1.54, 1.807) is 34.9 Å². The molecule has 2 fully saturated rings. The summed E-state index contributed by atoms with van der Waals surface area (Å²) in [6.07, 6.45) is 8.12. The molecule has 2 aliphatic rings. The number of benzene rings is 1. The number of fused-ring (bicyclic) bond motifs is 1. The van der Waals surface area contributed by atoms with Gasteiger partial charge in [0.15, 0.2) is 17.0 Å². The molecule has 2 aromatic heterocycles. The van der Waals surface area contributed by atoms with Crippen LogP contribution in [0.3, 0.4) is 0 Å². The predicted octanol–water partition coefficient (Wildman–Crippen LogP) is 3.22. The SMILES string of the molecule is CCn1cnc2c(Nc3ccc(S(=O)(=O)N4CCCCC4)cc3)nc(NC3CCCCC3C(N)=O)nc21. The van der Waals surface area contributed by atoms with Crippen molar-refractivity contribution in [2.24, 2.45) is 11.7 Å². The fourth-order valence-corrected chi connectivity index (χ4v) is 6.76. The molecule has 0 radical (unpaired) electrons. The largest absolute Gasteiger partial charge is 0.369 e. The summed E-state index contributed by atoms with van der Waals surface area (Å²) in [5.41, 5.74) is 7.61. The monoisotopic (exact) mass is 526 g/mol. The third kappa shape index (κ3) is 5.26. The minimum Gasteiger partial charge on any atom is -0.369 e. The number of primary amides is 1. The Labute approximate surface area is 216 Å². The molecule has 3 heterocycles. The van der Waals surface area contributed by atoms with Crippen LogP contribution in [0.15, 0.2) is 35.5 Å². The van der Waals surface area contributed by atoms with Crippen LogP contribution in [0.2, 0.25) is 0 Å². The number of anilines is 3. The number of nitrogens with one attached hydrogen (secondary N) is 2. The molecule has 1 aliphatic heterocycles. The number of aromatic nitrogens is 4. The Kier molecular flexibility index (Phi) is 7.29. The van der Waals surface area contributed by atoms with Crippen molar-refractivity contribution >= 4 is 44.5 Å². The summed E-state index contributed by atoms with van der Waals surface area (Å²) < 4.78 is 29.5. The van der Waals surface area contributed by atoms with Crippen molar-refractivity contribution in [3.8, 4) is 0 Å². The first-order chi connectivity index (χ1) is 17.9. The van der Waals surface area contributed by atoms with Gasteiger partial charge in [0.05, 0.1) is 17.1 Å². The van der Waals surface area contributed by atoms with Gasteiger partial charge in [0.25, 0.3) is 0 Å². The smallest absolute Gasteiger partial charge is 0.243 e. The molecule has 2 unspecified atom stereocenters. The van der Waals surface area contributed by atoms with E-state index in [1.165, 1.54) is 0 Å². The van der Waals surface area contributed by atoms with Crippen LogP contribution in [0.5, 0.6) is 0 Å². The van der Waals surface area contributed by atoms with Gasteiger partial charge >= 0.3 is 0 Å². The number of hydrogen-bond donors (Lipinski definition) is 3. The summed E-state index contributed by atoms with van der Waals surface area (Å²) in [6.45, 7) is 3.82. The Morgan fingerprint density at radius 3 is 2.49 bits per heavy atom. The van der Waals surface area contributed by atoms with Crippen LogP contribution in [0.25, 0.3) is 11.2 Å². The third-order valence-electron chi connectivity index (χ3n) is 7.32. The fraction of sp³-hybridized carbons (Fsp3) is 0.520. The lowest BCUT2D eigenvalue weighted by atomic mass is 9.84. The van der Waals surface area contributed by atoms with Gasteiger partial charge in [0, 0.05) is 31.4 Å². The molecule has 5 rings (SSSR count). The number of hydrogen-bond acceptors (Lipinski definition) is 8. The van der Waals surface area contributed by atoms with Gasteiger partial charge in [0.2, 0.25) is 21.9 Å². The Morgan fingerprint density at radius 1 is 1.05 bits per heavy atom. The zero-order valence-corrected chi connectivity index (χ0v) is 21.9. The number of rotatable bonds is 8. The van der Waals surface area contributed by atoms with Crippen molar-refractivity contribution in [3.05, 3.63) is 30.6 Å². The van der Waals surface area contributed by atoms with Crippen molar-refractivity contribution < 1.29 is 13.2 Å². The Hall–Kier alpha value is -3.25. The van der Waals surface area contributed by atoms with Crippen molar-refractivity contribution in [1.82, 2.24) is 23.8 Å². The lowest BCUT2D eigenvalue weighted by molar-refractivity contribution is -0.122. The highest BCUT2D eigenvalue weighted by Crippen LogP contribution is 2.30. The molecule has 0 bridgehead atoms. The quantitative estimate of drug-likeness (QED) is 0.405. The van der Waals surface area contributed by atoms with Crippen molar-refractivity contribution in [1.29, 1.82) is 0 Å². The number of imidazole rings is 1. The normalized spacial score (nSPS) is 21.1. The van der Waals surface area contributed by atoms with Gasteiger partial charge in [-0.3, -0.25) is 4.79 Å². The van der Waals surface area contributed by atoms with E-state index in [2.05, 4.69) is 20.6 Å².